The van der Waals surface area contributed by atoms with Crippen molar-refractivity contribution in [3.05, 3.63) is 40.4 Å². The highest BCUT2D eigenvalue weighted by Crippen LogP contribution is 2.50. The second kappa shape index (κ2) is 13.6. The van der Waals surface area contributed by atoms with Gasteiger partial charge in [0.2, 0.25) is 0 Å². The Hall–Kier alpha value is -1.93. The third kappa shape index (κ3) is 8.22. The number of halogens is 1. The number of rotatable bonds is 14. The summed E-state index contributed by atoms with van der Waals surface area (Å²) in [5, 5.41) is 4.87. The second-order valence-corrected chi connectivity index (χ2v) is 27.0. The first-order chi connectivity index (χ1) is 20.4. The van der Waals surface area contributed by atoms with Crippen molar-refractivity contribution in [3.8, 4) is 11.1 Å². The number of ether oxygens (including phenoxy) is 2. The summed E-state index contributed by atoms with van der Waals surface area (Å²) in [7, 11) is -2.46. The molecule has 0 aromatic carbocycles. The zero-order valence-corrected chi connectivity index (χ0v) is 30.3. The van der Waals surface area contributed by atoms with Gasteiger partial charge in [-0.3, -0.25) is 9.78 Å². The first kappa shape index (κ1) is 32.5. The van der Waals surface area contributed by atoms with Gasteiger partial charge in [0.1, 0.15) is 19.2 Å². The summed E-state index contributed by atoms with van der Waals surface area (Å²) in [5.41, 5.74) is 4.10. The number of hydrogen-bond donors (Lipinski definition) is 0. The molecule has 8 nitrogen and oxygen atoms in total. The van der Waals surface area contributed by atoms with Crippen LogP contribution in [0.25, 0.3) is 16.8 Å². The highest BCUT2D eigenvalue weighted by atomic mass is 79.9. The molecule has 0 saturated heterocycles. The van der Waals surface area contributed by atoms with E-state index in [0.717, 1.165) is 76.2 Å². The maximum Gasteiger partial charge on any atom is 0.168 e. The number of aromatic nitrogens is 4. The summed E-state index contributed by atoms with van der Waals surface area (Å²) >= 11 is 4.05. The van der Waals surface area contributed by atoms with Crippen LogP contribution in [0.5, 0.6) is 0 Å². The fraction of sp³-hybridized carbons (Fsp3) is 0.625. The van der Waals surface area contributed by atoms with Crippen molar-refractivity contribution in [2.45, 2.75) is 89.4 Å². The van der Waals surface area contributed by atoms with Gasteiger partial charge in [-0.1, -0.05) is 58.2 Å². The molecule has 3 heterocycles. The molecule has 0 radical (unpaired) electrons. The standard InChI is InChI=1S/C32H48BrN5O3Si2/c1-42(2,3)13-11-40-21-37(22-41-12-14-43(4,5)6)32-29(33)30(26-16-23-7-8-24(15-23)17-26)36-31-28(19-35-38(31)32)25-9-10-27(20-39)34-18-25/h9-10,18-20,23-24,26H,7-8,11-17,21-22H2,1-6H3/t23-,24+,26?. The number of nitrogens with zero attached hydrogens (tertiary/aromatic N) is 5. The zero-order valence-electron chi connectivity index (χ0n) is 26.7. The summed E-state index contributed by atoms with van der Waals surface area (Å²) < 4.78 is 15.6. The van der Waals surface area contributed by atoms with Crippen LogP contribution in [0.2, 0.25) is 51.4 Å². The summed E-state index contributed by atoms with van der Waals surface area (Å²) in [6, 6.07) is 5.89. The number of hydrogen-bond acceptors (Lipinski definition) is 7. The molecule has 3 atom stereocenters. The van der Waals surface area contributed by atoms with Crippen LogP contribution in [-0.2, 0) is 9.47 Å². The second-order valence-electron chi connectivity index (χ2n) is 15.0. The van der Waals surface area contributed by atoms with Crippen molar-refractivity contribution in [1.29, 1.82) is 0 Å². The van der Waals surface area contributed by atoms with Gasteiger partial charge >= 0.3 is 0 Å². The Morgan fingerprint density at radius 2 is 1.58 bits per heavy atom. The molecule has 2 bridgehead atoms. The van der Waals surface area contributed by atoms with E-state index in [1.165, 1.54) is 32.1 Å². The molecular weight excluding hydrogens is 638 g/mol. The number of pyridine rings is 1. The van der Waals surface area contributed by atoms with Crippen molar-refractivity contribution in [2.24, 2.45) is 11.8 Å². The largest absolute Gasteiger partial charge is 0.361 e. The minimum absolute atomic E-state index is 0.394. The average Bonchev–Trinajstić information content (AvgIpc) is 3.52. The molecule has 5 rings (SSSR count). The lowest BCUT2D eigenvalue weighted by molar-refractivity contribution is 0.0941. The van der Waals surface area contributed by atoms with E-state index in [9.17, 15) is 4.79 Å². The van der Waals surface area contributed by atoms with Gasteiger partial charge in [0, 0.05) is 52.6 Å². The number of carbonyl (C=O) groups excluding carboxylic acids is 1. The minimum atomic E-state index is -1.23. The lowest BCUT2D eigenvalue weighted by Gasteiger charge is -2.31. The van der Waals surface area contributed by atoms with Crippen molar-refractivity contribution in [2.75, 3.05) is 31.6 Å². The van der Waals surface area contributed by atoms with Crippen molar-refractivity contribution >= 4 is 49.8 Å². The summed E-state index contributed by atoms with van der Waals surface area (Å²) in [6.45, 7) is 16.5. The Morgan fingerprint density at radius 1 is 0.953 bits per heavy atom. The van der Waals surface area contributed by atoms with Gasteiger partial charge < -0.3 is 14.4 Å². The maximum atomic E-state index is 11.3. The quantitative estimate of drug-likeness (QED) is 0.0734. The van der Waals surface area contributed by atoms with E-state index in [0.29, 0.717) is 25.1 Å². The lowest BCUT2D eigenvalue weighted by atomic mass is 9.79. The fourth-order valence-electron chi connectivity index (χ4n) is 6.35. The molecule has 0 N–H and O–H groups in total. The zero-order chi connectivity index (χ0) is 30.8. The van der Waals surface area contributed by atoms with E-state index in [-0.39, 0.29) is 0 Å². The normalized spacial score (nSPS) is 20.6. The van der Waals surface area contributed by atoms with Crippen LogP contribution in [-0.4, -0.2) is 68.7 Å². The van der Waals surface area contributed by atoms with Crippen molar-refractivity contribution in [3.63, 3.8) is 0 Å². The maximum absolute atomic E-state index is 11.3. The topological polar surface area (TPSA) is 81.9 Å². The predicted octanol–water partition coefficient (Wildman–Crippen LogP) is 8.09. The molecule has 2 fully saturated rings. The van der Waals surface area contributed by atoms with Gasteiger partial charge in [0.25, 0.3) is 0 Å². The van der Waals surface area contributed by atoms with Crippen molar-refractivity contribution in [1.82, 2.24) is 19.6 Å². The lowest BCUT2D eigenvalue weighted by Crippen LogP contribution is -2.34. The van der Waals surface area contributed by atoms with Crippen LogP contribution in [0.4, 0.5) is 5.82 Å². The first-order valence-electron chi connectivity index (χ1n) is 15.8. The van der Waals surface area contributed by atoms with E-state index < -0.39 is 16.1 Å². The SMILES string of the molecule is C[Si](C)(C)CCOCN(COCC[Si](C)(C)C)c1c(Br)c(C2C[C@H]3CC[C@@H](C2)C3)nc2c(-c3ccc(C=O)nc3)cnn12. The van der Waals surface area contributed by atoms with Crippen LogP contribution in [0.3, 0.4) is 0 Å². The van der Waals surface area contributed by atoms with Crippen LogP contribution >= 0.6 is 15.9 Å². The monoisotopic (exact) mass is 685 g/mol. The third-order valence-electron chi connectivity index (χ3n) is 8.87. The molecule has 0 spiro atoms. The molecule has 11 heteroatoms. The van der Waals surface area contributed by atoms with E-state index in [4.69, 9.17) is 19.6 Å². The van der Waals surface area contributed by atoms with Crippen LogP contribution in [0.15, 0.2) is 29.0 Å². The van der Waals surface area contributed by atoms with Gasteiger partial charge in [0.05, 0.1) is 16.4 Å². The van der Waals surface area contributed by atoms with Crippen molar-refractivity contribution < 1.29 is 14.3 Å². The van der Waals surface area contributed by atoms with Crippen LogP contribution < -0.4 is 4.90 Å². The molecule has 43 heavy (non-hydrogen) atoms. The van der Waals surface area contributed by atoms with Crippen LogP contribution in [0, 0.1) is 11.8 Å². The van der Waals surface area contributed by atoms with Gasteiger partial charge in [-0.25, -0.2) is 4.98 Å². The van der Waals surface area contributed by atoms with E-state index in [2.05, 4.69) is 65.1 Å². The number of fused-ring (bicyclic) bond motifs is 3. The van der Waals surface area contributed by atoms with Gasteiger partial charge in [-0.05, 0) is 65.2 Å². The fourth-order valence-corrected chi connectivity index (χ4v) is 8.70. The molecule has 3 aromatic rings. The Morgan fingerprint density at radius 3 is 2.12 bits per heavy atom. The van der Waals surface area contributed by atoms with Crippen LogP contribution in [0.1, 0.15) is 54.2 Å². The highest BCUT2D eigenvalue weighted by molar-refractivity contribution is 9.10. The van der Waals surface area contributed by atoms with Gasteiger partial charge in [-0.2, -0.15) is 9.61 Å². The van der Waals surface area contributed by atoms with E-state index in [1.807, 2.05) is 16.8 Å². The molecule has 2 saturated carbocycles. The van der Waals surface area contributed by atoms with E-state index >= 15 is 0 Å². The smallest absolute Gasteiger partial charge is 0.168 e. The molecule has 234 valence electrons. The number of anilines is 1. The highest BCUT2D eigenvalue weighted by Gasteiger charge is 2.37. The molecule has 0 aliphatic heterocycles. The minimum Gasteiger partial charge on any atom is -0.361 e. The molecule has 2 aliphatic carbocycles. The Kier molecular flexibility index (Phi) is 10.3. The number of aldehydes is 1. The summed E-state index contributed by atoms with van der Waals surface area (Å²) in [5.74, 6) is 2.88. The van der Waals surface area contributed by atoms with E-state index in [1.54, 1.807) is 12.3 Å². The molecule has 0 amide bonds. The number of carbonyl (C=O) groups is 1. The predicted molar refractivity (Wildman–Crippen MR) is 183 cm³/mol. The molecular formula is C32H48BrN5O3Si2. The summed E-state index contributed by atoms with van der Waals surface area (Å²) in [4.78, 5) is 23.1. The average molecular weight is 687 g/mol. The summed E-state index contributed by atoms with van der Waals surface area (Å²) in [6.07, 6.45) is 10.8. The Bertz CT molecular complexity index is 1370. The van der Waals surface area contributed by atoms with Gasteiger partial charge in [-0.15, -0.1) is 0 Å². The first-order valence-corrected chi connectivity index (χ1v) is 24.0. The molecule has 1 unspecified atom stereocenters. The molecule has 3 aromatic heterocycles. The van der Waals surface area contributed by atoms with Gasteiger partial charge in [0.15, 0.2) is 17.8 Å². The Balaban J connectivity index is 1.55. The third-order valence-corrected chi connectivity index (χ3v) is 13.0. The molecule has 2 aliphatic rings. The Labute approximate surface area is 267 Å².